The van der Waals surface area contributed by atoms with Crippen LogP contribution in [0.2, 0.25) is 0 Å². The van der Waals surface area contributed by atoms with Gasteiger partial charge in [0.15, 0.2) is 0 Å². The molecule has 1 rings (SSSR count). The molecule has 0 atom stereocenters. The number of hydrogen-bond acceptors (Lipinski definition) is 6. The molecule has 0 aliphatic carbocycles. The molecule has 0 saturated carbocycles. The van der Waals surface area contributed by atoms with Crippen LogP contribution in [0.4, 0.5) is 0 Å². The zero-order chi connectivity index (χ0) is 13.9. The van der Waals surface area contributed by atoms with Crippen molar-refractivity contribution in [1.29, 1.82) is 0 Å². The summed E-state index contributed by atoms with van der Waals surface area (Å²) in [5.74, 6) is -1.82. The van der Waals surface area contributed by atoms with Gasteiger partial charge in [-0.3, -0.25) is 0 Å². The van der Waals surface area contributed by atoms with Crippen molar-refractivity contribution in [3.05, 3.63) is 29.3 Å². The van der Waals surface area contributed by atoms with Gasteiger partial charge in [0.25, 0.3) is 0 Å². The van der Waals surface area contributed by atoms with Gasteiger partial charge in [0.1, 0.15) is 4.90 Å². The Morgan fingerprint density at radius 3 is 1.72 bits per heavy atom. The zero-order valence-corrected chi connectivity index (χ0v) is 10.5. The Balaban J connectivity index is 3.66. The fourth-order valence-electron chi connectivity index (χ4n) is 1.38. The first-order valence-electron chi connectivity index (χ1n) is 4.65. The van der Waals surface area contributed by atoms with E-state index in [2.05, 4.69) is 9.47 Å². The fraction of sp³-hybridized carbons (Fsp3) is 0.200. The number of hydrogen-bond donors (Lipinski definition) is 1. The van der Waals surface area contributed by atoms with Crippen molar-refractivity contribution in [2.75, 3.05) is 14.2 Å². The molecule has 0 amide bonds. The maximum atomic E-state index is 11.5. The highest BCUT2D eigenvalue weighted by atomic mass is 32.2. The fourth-order valence-corrected chi connectivity index (χ4v) is 2.30. The Morgan fingerprint density at radius 1 is 1.06 bits per heavy atom. The SMILES string of the molecule is COC(=O)c1cccc(C(=O)OC)c1S(N)(=O)=O. The summed E-state index contributed by atoms with van der Waals surface area (Å²) in [5, 5.41) is 5.00. The molecule has 0 radical (unpaired) electrons. The van der Waals surface area contributed by atoms with Crippen LogP contribution in [-0.4, -0.2) is 34.6 Å². The number of esters is 2. The van der Waals surface area contributed by atoms with Gasteiger partial charge < -0.3 is 9.47 Å². The smallest absolute Gasteiger partial charge is 0.339 e. The van der Waals surface area contributed by atoms with Crippen molar-refractivity contribution in [1.82, 2.24) is 0 Å². The number of carbonyl (C=O) groups is 2. The predicted molar refractivity (Wildman–Crippen MR) is 60.5 cm³/mol. The highest BCUT2D eigenvalue weighted by Crippen LogP contribution is 2.21. The summed E-state index contributed by atoms with van der Waals surface area (Å²) < 4.78 is 31.8. The molecule has 0 aliphatic heterocycles. The van der Waals surface area contributed by atoms with E-state index in [1.54, 1.807) is 0 Å². The van der Waals surface area contributed by atoms with Crippen LogP contribution in [0.5, 0.6) is 0 Å². The maximum Gasteiger partial charge on any atom is 0.339 e. The molecule has 0 unspecified atom stereocenters. The van der Waals surface area contributed by atoms with E-state index in [4.69, 9.17) is 5.14 Å². The quantitative estimate of drug-likeness (QED) is 0.770. The second-order valence-electron chi connectivity index (χ2n) is 3.21. The molecule has 1 aromatic rings. The number of benzene rings is 1. The Labute approximate surface area is 104 Å². The minimum Gasteiger partial charge on any atom is -0.465 e. The van der Waals surface area contributed by atoms with Gasteiger partial charge in [0.2, 0.25) is 10.0 Å². The Hall–Kier alpha value is -1.93. The minimum atomic E-state index is -4.28. The normalized spacial score (nSPS) is 10.8. The summed E-state index contributed by atoms with van der Waals surface area (Å²) in [7, 11) is -2.11. The number of ether oxygens (including phenoxy) is 2. The standard InChI is InChI=1S/C10H11NO6S/c1-16-9(12)6-4-3-5-7(10(13)17-2)8(6)18(11,14)15/h3-5H,1-2H3,(H2,11,14,15). The van der Waals surface area contributed by atoms with Crippen LogP contribution >= 0.6 is 0 Å². The Kier molecular flexibility index (Phi) is 4.04. The minimum absolute atomic E-state index is 0.317. The van der Waals surface area contributed by atoms with Crippen molar-refractivity contribution >= 4 is 22.0 Å². The summed E-state index contributed by atoms with van der Waals surface area (Å²) in [5.41, 5.74) is -0.634. The van der Waals surface area contributed by atoms with Crippen molar-refractivity contribution in [3.63, 3.8) is 0 Å². The van der Waals surface area contributed by atoms with E-state index >= 15 is 0 Å². The summed E-state index contributed by atoms with van der Waals surface area (Å²) in [6.45, 7) is 0. The first kappa shape index (κ1) is 14.1. The average Bonchev–Trinajstić information content (AvgIpc) is 2.34. The molecular weight excluding hydrogens is 262 g/mol. The third kappa shape index (κ3) is 2.66. The predicted octanol–water partition coefficient (Wildman–Crippen LogP) is -0.0928. The number of nitrogens with two attached hydrogens (primary N) is 1. The van der Waals surface area contributed by atoms with Crippen LogP contribution in [0.3, 0.4) is 0 Å². The van der Waals surface area contributed by atoms with E-state index in [1.807, 2.05) is 0 Å². The van der Waals surface area contributed by atoms with Crippen molar-refractivity contribution in [3.8, 4) is 0 Å². The molecule has 1 aromatic carbocycles. The van der Waals surface area contributed by atoms with Gasteiger partial charge >= 0.3 is 11.9 Å². The van der Waals surface area contributed by atoms with E-state index < -0.39 is 26.9 Å². The van der Waals surface area contributed by atoms with Crippen LogP contribution < -0.4 is 5.14 Å². The second kappa shape index (κ2) is 5.15. The second-order valence-corrected chi connectivity index (χ2v) is 4.71. The third-order valence-corrected chi connectivity index (χ3v) is 3.12. The van der Waals surface area contributed by atoms with E-state index in [9.17, 15) is 18.0 Å². The van der Waals surface area contributed by atoms with Gasteiger partial charge in [-0.15, -0.1) is 0 Å². The molecule has 0 heterocycles. The highest BCUT2D eigenvalue weighted by molar-refractivity contribution is 7.89. The van der Waals surface area contributed by atoms with Crippen molar-refractivity contribution < 1.29 is 27.5 Å². The van der Waals surface area contributed by atoms with E-state index in [0.29, 0.717) is 0 Å². The molecule has 2 N–H and O–H groups in total. The highest BCUT2D eigenvalue weighted by Gasteiger charge is 2.27. The summed E-state index contributed by atoms with van der Waals surface area (Å²) in [6.07, 6.45) is 0. The van der Waals surface area contributed by atoms with Gasteiger partial charge in [0, 0.05) is 0 Å². The molecule has 0 saturated heterocycles. The number of sulfonamides is 1. The molecule has 0 spiro atoms. The molecule has 0 aromatic heterocycles. The van der Waals surface area contributed by atoms with Crippen LogP contribution in [0.1, 0.15) is 20.7 Å². The number of carbonyl (C=O) groups excluding carboxylic acids is 2. The largest absolute Gasteiger partial charge is 0.465 e. The van der Waals surface area contributed by atoms with Crippen LogP contribution in [-0.2, 0) is 19.5 Å². The molecule has 7 nitrogen and oxygen atoms in total. The van der Waals surface area contributed by atoms with Crippen LogP contribution in [0.25, 0.3) is 0 Å². The van der Waals surface area contributed by atoms with Crippen molar-refractivity contribution in [2.24, 2.45) is 5.14 Å². The lowest BCUT2D eigenvalue weighted by Crippen LogP contribution is -2.21. The van der Waals surface area contributed by atoms with Gasteiger partial charge in [-0.05, 0) is 12.1 Å². The molecule has 0 bridgehead atoms. The van der Waals surface area contributed by atoms with Gasteiger partial charge in [-0.25, -0.2) is 23.1 Å². The van der Waals surface area contributed by atoms with Crippen LogP contribution in [0, 0.1) is 0 Å². The van der Waals surface area contributed by atoms with E-state index in [-0.39, 0.29) is 11.1 Å². The lowest BCUT2D eigenvalue weighted by atomic mass is 10.1. The monoisotopic (exact) mass is 273 g/mol. The Bertz CT molecular complexity index is 558. The molecule has 8 heteroatoms. The summed E-state index contributed by atoms with van der Waals surface area (Å²) in [6, 6.07) is 3.71. The molecule has 0 fully saturated rings. The number of rotatable bonds is 3. The lowest BCUT2D eigenvalue weighted by molar-refractivity contribution is 0.0590. The topological polar surface area (TPSA) is 113 Å². The van der Waals surface area contributed by atoms with E-state index in [1.165, 1.54) is 18.2 Å². The number of methoxy groups -OCH3 is 2. The van der Waals surface area contributed by atoms with Gasteiger partial charge in [0.05, 0.1) is 25.3 Å². The molecular formula is C10H11NO6S. The van der Waals surface area contributed by atoms with Crippen molar-refractivity contribution in [2.45, 2.75) is 4.90 Å². The van der Waals surface area contributed by atoms with Gasteiger partial charge in [-0.2, -0.15) is 0 Å². The summed E-state index contributed by atoms with van der Waals surface area (Å²) in [4.78, 5) is 22.3. The molecule has 18 heavy (non-hydrogen) atoms. The average molecular weight is 273 g/mol. The third-order valence-electron chi connectivity index (χ3n) is 2.11. The summed E-state index contributed by atoms with van der Waals surface area (Å²) >= 11 is 0. The van der Waals surface area contributed by atoms with Gasteiger partial charge in [-0.1, -0.05) is 6.07 Å². The molecule has 0 aliphatic rings. The van der Waals surface area contributed by atoms with Crippen LogP contribution in [0.15, 0.2) is 23.1 Å². The lowest BCUT2D eigenvalue weighted by Gasteiger charge is -2.10. The van der Waals surface area contributed by atoms with E-state index in [0.717, 1.165) is 14.2 Å². The zero-order valence-electron chi connectivity index (χ0n) is 9.67. The first-order valence-corrected chi connectivity index (χ1v) is 6.20. The molecule has 98 valence electrons. The Morgan fingerprint density at radius 2 is 1.44 bits per heavy atom. The first-order chi connectivity index (χ1) is 8.32. The number of primary sulfonamides is 1. The maximum absolute atomic E-state index is 11.5.